The Bertz CT molecular complexity index is 921. The van der Waals surface area contributed by atoms with E-state index in [0.29, 0.717) is 39.6 Å². The fraction of sp³-hybridized carbons (Fsp3) is 0.286. The number of para-hydroxylation sites is 1. The van der Waals surface area contributed by atoms with Crippen molar-refractivity contribution in [2.24, 2.45) is 5.92 Å². The number of halogens is 1. The van der Waals surface area contributed by atoms with Crippen LogP contribution in [-0.4, -0.2) is 30.6 Å². The zero-order valence-corrected chi connectivity index (χ0v) is 19.4. The summed E-state index contributed by atoms with van der Waals surface area (Å²) in [5, 5.41) is 2.49. The Morgan fingerprint density at radius 3 is 2.47 bits per heavy atom. The Hall–Kier alpha value is -2.65. The highest BCUT2D eigenvalue weighted by Crippen LogP contribution is 2.25. The van der Waals surface area contributed by atoms with Crippen molar-refractivity contribution >= 4 is 45.1 Å². The third-order valence-electron chi connectivity index (χ3n) is 4.02. The van der Waals surface area contributed by atoms with E-state index in [1.165, 1.54) is 7.11 Å². The van der Waals surface area contributed by atoms with Crippen LogP contribution in [0.15, 0.2) is 46.9 Å². The van der Waals surface area contributed by atoms with E-state index >= 15 is 0 Å². The molecule has 0 saturated heterocycles. The van der Waals surface area contributed by atoms with Crippen LogP contribution in [0.5, 0.6) is 11.5 Å². The Kier molecular flexibility index (Phi) is 9.07. The van der Waals surface area contributed by atoms with Crippen LogP contribution in [0, 0.1) is 5.92 Å². The first-order chi connectivity index (χ1) is 14.3. The van der Waals surface area contributed by atoms with E-state index in [2.05, 4.69) is 45.9 Å². The van der Waals surface area contributed by atoms with E-state index in [4.69, 9.17) is 21.7 Å². The average Bonchev–Trinajstić information content (AvgIpc) is 2.72. The number of methoxy groups -OCH3 is 1. The standard InChI is InChI=1S/C21H24BrN3O4S/c1-13(2)10-11-29-17-7-5-4-6-15(17)20(27)23-21(30)25-24-19(26)14-8-9-18(28-3)16(22)12-14/h4-9,12-13H,10-11H2,1-3H3,(H,24,26)(H2,23,25,27,30). The third-order valence-corrected chi connectivity index (χ3v) is 4.84. The third kappa shape index (κ3) is 7.00. The van der Waals surface area contributed by atoms with Gasteiger partial charge in [-0.2, -0.15) is 0 Å². The number of amides is 2. The largest absolute Gasteiger partial charge is 0.496 e. The minimum absolute atomic E-state index is 0.0436. The molecule has 9 heteroatoms. The molecule has 0 heterocycles. The Morgan fingerprint density at radius 2 is 1.80 bits per heavy atom. The molecule has 0 saturated carbocycles. The molecule has 7 nitrogen and oxygen atoms in total. The Labute approximate surface area is 189 Å². The first kappa shape index (κ1) is 23.6. The van der Waals surface area contributed by atoms with Crippen molar-refractivity contribution < 1.29 is 19.1 Å². The number of benzene rings is 2. The van der Waals surface area contributed by atoms with Gasteiger partial charge in [-0.3, -0.25) is 25.8 Å². The molecule has 160 valence electrons. The first-order valence-electron chi connectivity index (χ1n) is 9.28. The average molecular weight is 494 g/mol. The van der Waals surface area contributed by atoms with Crippen LogP contribution in [0.3, 0.4) is 0 Å². The lowest BCUT2D eigenvalue weighted by Gasteiger charge is -2.14. The van der Waals surface area contributed by atoms with Gasteiger partial charge < -0.3 is 9.47 Å². The second-order valence-electron chi connectivity index (χ2n) is 6.74. The topological polar surface area (TPSA) is 88.7 Å². The molecule has 2 aromatic carbocycles. The van der Waals surface area contributed by atoms with Gasteiger partial charge in [0.2, 0.25) is 0 Å². The predicted octanol–water partition coefficient (Wildman–Crippen LogP) is 3.83. The summed E-state index contributed by atoms with van der Waals surface area (Å²) in [6.07, 6.45) is 0.878. The molecule has 3 N–H and O–H groups in total. The van der Waals surface area contributed by atoms with Gasteiger partial charge in [-0.15, -0.1) is 0 Å². The van der Waals surface area contributed by atoms with E-state index in [0.717, 1.165) is 6.42 Å². The number of hydrazine groups is 1. The van der Waals surface area contributed by atoms with Gasteiger partial charge in [0.25, 0.3) is 11.8 Å². The fourth-order valence-corrected chi connectivity index (χ4v) is 3.06. The first-order valence-corrected chi connectivity index (χ1v) is 10.5. The molecule has 0 unspecified atom stereocenters. The number of nitrogens with one attached hydrogen (secondary N) is 3. The summed E-state index contributed by atoms with van der Waals surface area (Å²) in [6, 6.07) is 11.8. The maximum Gasteiger partial charge on any atom is 0.269 e. The predicted molar refractivity (Wildman–Crippen MR) is 123 cm³/mol. The molecule has 2 aromatic rings. The lowest BCUT2D eigenvalue weighted by atomic mass is 10.1. The molecule has 30 heavy (non-hydrogen) atoms. The quantitative estimate of drug-likeness (QED) is 0.401. The molecule has 0 aliphatic rings. The van der Waals surface area contributed by atoms with Gasteiger partial charge in [-0.25, -0.2) is 0 Å². The van der Waals surface area contributed by atoms with Gasteiger partial charge in [-0.1, -0.05) is 26.0 Å². The zero-order valence-electron chi connectivity index (χ0n) is 17.0. The molecule has 0 aliphatic heterocycles. The molecule has 0 aromatic heterocycles. The Balaban J connectivity index is 1.91. The van der Waals surface area contributed by atoms with Crippen molar-refractivity contribution in [2.75, 3.05) is 13.7 Å². The molecule has 0 fully saturated rings. The number of carbonyl (C=O) groups excluding carboxylic acids is 2. The SMILES string of the molecule is COc1ccc(C(=O)NNC(=S)NC(=O)c2ccccc2OCCC(C)C)cc1Br. The van der Waals surface area contributed by atoms with Gasteiger partial charge in [-0.05, 0) is 70.8 Å². The number of hydrogen-bond acceptors (Lipinski definition) is 5. The highest BCUT2D eigenvalue weighted by atomic mass is 79.9. The number of ether oxygens (including phenoxy) is 2. The molecule has 0 radical (unpaired) electrons. The summed E-state index contributed by atoms with van der Waals surface area (Å²) in [6.45, 7) is 4.72. The summed E-state index contributed by atoms with van der Waals surface area (Å²) in [4.78, 5) is 24.8. The van der Waals surface area contributed by atoms with Gasteiger partial charge in [0, 0.05) is 5.56 Å². The highest BCUT2D eigenvalue weighted by Gasteiger charge is 2.15. The van der Waals surface area contributed by atoms with Crippen LogP contribution in [0.2, 0.25) is 0 Å². The molecule has 0 bridgehead atoms. The van der Waals surface area contributed by atoms with Gasteiger partial charge in [0.1, 0.15) is 11.5 Å². The van der Waals surface area contributed by atoms with Crippen LogP contribution in [0.4, 0.5) is 0 Å². The minimum atomic E-state index is -0.436. The zero-order chi connectivity index (χ0) is 22.1. The van der Waals surface area contributed by atoms with Gasteiger partial charge >= 0.3 is 0 Å². The van der Waals surface area contributed by atoms with E-state index in [1.807, 2.05) is 0 Å². The number of thiocarbonyl (C=S) groups is 1. The lowest BCUT2D eigenvalue weighted by molar-refractivity contribution is 0.0933. The molecule has 0 atom stereocenters. The van der Waals surface area contributed by atoms with Crippen molar-refractivity contribution in [3.05, 3.63) is 58.1 Å². The number of rotatable bonds is 7. The summed E-state index contributed by atoms with van der Waals surface area (Å²) in [5.41, 5.74) is 5.70. The molecule has 2 rings (SSSR count). The van der Waals surface area contributed by atoms with Crippen molar-refractivity contribution in [3.8, 4) is 11.5 Å². The summed E-state index contributed by atoms with van der Waals surface area (Å²) in [5.74, 6) is 0.723. The van der Waals surface area contributed by atoms with Crippen molar-refractivity contribution in [1.82, 2.24) is 16.2 Å². The fourth-order valence-electron chi connectivity index (χ4n) is 2.38. The smallest absolute Gasteiger partial charge is 0.269 e. The van der Waals surface area contributed by atoms with Crippen molar-refractivity contribution in [2.45, 2.75) is 20.3 Å². The molecule has 2 amide bonds. The second-order valence-corrected chi connectivity index (χ2v) is 8.00. The maximum absolute atomic E-state index is 12.6. The van der Waals surface area contributed by atoms with Crippen LogP contribution >= 0.6 is 28.1 Å². The van der Waals surface area contributed by atoms with E-state index in [9.17, 15) is 9.59 Å². The minimum Gasteiger partial charge on any atom is -0.496 e. The monoisotopic (exact) mass is 493 g/mol. The van der Waals surface area contributed by atoms with Crippen LogP contribution in [-0.2, 0) is 0 Å². The number of carbonyl (C=O) groups is 2. The van der Waals surface area contributed by atoms with Crippen molar-refractivity contribution in [3.63, 3.8) is 0 Å². The van der Waals surface area contributed by atoms with Crippen LogP contribution in [0.25, 0.3) is 0 Å². The normalized spacial score (nSPS) is 10.3. The summed E-state index contributed by atoms with van der Waals surface area (Å²) < 4.78 is 11.5. The van der Waals surface area contributed by atoms with Crippen LogP contribution < -0.4 is 25.6 Å². The highest BCUT2D eigenvalue weighted by molar-refractivity contribution is 9.10. The van der Waals surface area contributed by atoms with E-state index in [1.54, 1.807) is 42.5 Å². The molecule has 0 spiro atoms. The number of hydrogen-bond donors (Lipinski definition) is 3. The molecular weight excluding hydrogens is 470 g/mol. The second kappa shape index (κ2) is 11.5. The van der Waals surface area contributed by atoms with Crippen LogP contribution in [0.1, 0.15) is 41.0 Å². The molecular formula is C21H24BrN3O4S. The molecule has 0 aliphatic carbocycles. The Morgan fingerprint density at radius 1 is 1.07 bits per heavy atom. The van der Waals surface area contributed by atoms with Crippen molar-refractivity contribution in [1.29, 1.82) is 0 Å². The van der Waals surface area contributed by atoms with E-state index in [-0.39, 0.29) is 5.11 Å². The summed E-state index contributed by atoms with van der Waals surface area (Å²) in [7, 11) is 1.54. The van der Waals surface area contributed by atoms with Gasteiger partial charge in [0.05, 0.1) is 23.8 Å². The van der Waals surface area contributed by atoms with Gasteiger partial charge in [0.15, 0.2) is 5.11 Å². The maximum atomic E-state index is 12.6. The van der Waals surface area contributed by atoms with E-state index < -0.39 is 11.8 Å². The lowest BCUT2D eigenvalue weighted by Crippen LogP contribution is -2.48. The summed E-state index contributed by atoms with van der Waals surface area (Å²) >= 11 is 8.43.